The van der Waals surface area contributed by atoms with Gasteiger partial charge in [0.2, 0.25) is 0 Å². The van der Waals surface area contributed by atoms with Gasteiger partial charge in [-0.2, -0.15) is 0 Å². The van der Waals surface area contributed by atoms with Gasteiger partial charge in [-0.05, 0) is 35.9 Å². The van der Waals surface area contributed by atoms with Gasteiger partial charge in [0.05, 0.1) is 27.6 Å². The Kier molecular flexibility index (Phi) is 3.95. The minimum atomic E-state index is -0.549. The summed E-state index contributed by atoms with van der Waals surface area (Å²) >= 11 is 0. The summed E-state index contributed by atoms with van der Waals surface area (Å²) in [6.45, 7) is 1.14. The summed E-state index contributed by atoms with van der Waals surface area (Å²) in [7, 11) is 0. The van der Waals surface area contributed by atoms with Crippen LogP contribution in [0.4, 0.5) is 0 Å². The maximum atomic E-state index is 12.2. The van der Waals surface area contributed by atoms with Gasteiger partial charge in [0.1, 0.15) is 6.61 Å². The highest BCUT2D eigenvalue weighted by atomic mass is 16.5. The zero-order valence-electron chi connectivity index (χ0n) is 15.7. The lowest BCUT2D eigenvalue weighted by Gasteiger charge is -2.10. The highest BCUT2D eigenvalue weighted by Gasteiger charge is 2.14. The number of aromatic nitrogens is 2. The Balaban J connectivity index is 1.78. The summed E-state index contributed by atoms with van der Waals surface area (Å²) in [4.78, 5) is 33.0. The van der Waals surface area contributed by atoms with Crippen LogP contribution in [0.2, 0.25) is 0 Å². The third kappa shape index (κ3) is 2.88. The van der Waals surface area contributed by atoms with E-state index < -0.39 is 5.97 Å². The molecule has 0 unspecified atom stereocenters. The van der Waals surface area contributed by atoms with E-state index in [2.05, 4.69) is 18.2 Å². The van der Waals surface area contributed by atoms with Crippen molar-refractivity contribution in [3.05, 3.63) is 72.3 Å². The highest BCUT2D eigenvalue weighted by Crippen LogP contribution is 2.33. The molecule has 5 rings (SSSR count). The standard InChI is InChI=1S/C24H16N2O3/c1-14(27)13-29-24(28)15-10-11-20-21(12-15)26-23-19-9-5-3-7-17(19)16-6-2-4-8-18(16)22(23)25-20/h2-12H,13H2,1H3. The van der Waals surface area contributed by atoms with Crippen molar-refractivity contribution in [1.29, 1.82) is 0 Å². The Bertz CT molecular complexity index is 1460. The van der Waals surface area contributed by atoms with Crippen LogP contribution in [-0.2, 0) is 9.53 Å². The maximum Gasteiger partial charge on any atom is 0.338 e. The highest BCUT2D eigenvalue weighted by molar-refractivity contribution is 6.23. The average molecular weight is 380 g/mol. The SMILES string of the molecule is CC(=O)COC(=O)c1ccc2nc3c4ccccc4c4ccccc4c3nc2c1. The number of Topliss-reactive ketones (excluding diaryl/α,β-unsaturated/α-hetero) is 1. The lowest BCUT2D eigenvalue weighted by Crippen LogP contribution is -2.11. The van der Waals surface area contributed by atoms with Gasteiger partial charge in [-0.15, -0.1) is 0 Å². The van der Waals surface area contributed by atoms with Crippen molar-refractivity contribution in [3.8, 4) is 0 Å². The molecule has 5 nitrogen and oxygen atoms in total. The van der Waals surface area contributed by atoms with Crippen molar-refractivity contribution in [1.82, 2.24) is 9.97 Å². The smallest absolute Gasteiger partial charge is 0.338 e. The topological polar surface area (TPSA) is 69.2 Å². The number of ketones is 1. The molecule has 29 heavy (non-hydrogen) atoms. The van der Waals surface area contributed by atoms with Gasteiger partial charge >= 0.3 is 5.97 Å². The van der Waals surface area contributed by atoms with E-state index in [0.717, 1.165) is 32.6 Å². The summed E-state index contributed by atoms with van der Waals surface area (Å²) in [5, 5.41) is 4.30. The molecule has 0 spiro atoms. The van der Waals surface area contributed by atoms with Gasteiger partial charge in [-0.1, -0.05) is 48.5 Å². The van der Waals surface area contributed by atoms with Crippen LogP contribution in [0, 0.1) is 0 Å². The van der Waals surface area contributed by atoms with E-state index in [4.69, 9.17) is 14.7 Å². The molecule has 5 aromatic rings. The molecule has 5 heteroatoms. The van der Waals surface area contributed by atoms with Crippen molar-refractivity contribution < 1.29 is 14.3 Å². The lowest BCUT2D eigenvalue weighted by atomic mass is 9.99. The van der Waals surface area contributed by atoms with E-state index >= 15 is 0 Å². The average Bonchev–Trinajstić information content (AvgIpc) is 2.76. The minimum absolute atomic E-state index is 0.205. The van der Waals surface area contributed by atoms with E-state index in [1.165, 1.54) is 6.92 Å². The van der Waals surface area contributed by atoms with E-state index in [1.807, 2.05) is 30.3 Å². The van der Waals surface area contributed by atoms with Gasteiger partial charge in [0, 0.05) is 10.8 Å². The summed E-state index contributed by atoms with van der Waals surface area (Å²) in [5.74, 6) is -0.754. The van der Waals surface area contributed by atoms with E-state index in [0.29, 0.717) is 16.6 Å². The van der Waals surface area contributed by atoms with Crippen LogP contribution in [0.3, 0.4) is 0 Å². The summed E-state index contributed by atoms with van der Waals surface area (Å²) in [6, 6.07) is 21.4. The zero-order valence-corrected chi connectivity index (χ0v) is 15.7. The predicted octanol–water partition coefficient (Wildman–Crippen LogP) is 4.84. The fourth-order valence-electron chi connectivity index (χ4n) is 3.66. The number of hydrogen-bond donors (Lipinski definition) is 0. The zero-order chi connectivity index (χ0) is 20.0. The Morgan fingerprint density at radius 3 is 1.90 bits per heavy atom. The van der Waals surface area contributed by atoms with Gasteiger partial charge in [-0.25, -0.2) is 14.8 Å². The molecule has 1 aromatic heterocycles. The first kappa shape index (κ1) is 17.3. The second-order valence-electron chi connectivity index (χ2n) is 6.99. The molecule has 0 atom stereocenters. The molecule has 0 aliphatic rings. The molecular formula is C24H16N2O3. The third-order valence-electron chi connectivity index (χ3n) is 4.96. The third-order valence-corrected chi connectivity index (χ3v) is 4.96. The molecule has 140 valence electrons. The molecule has 0 saturated carbocycles. The van der Waals surface area contributed by atoms with Gasteiger partial charge in [0.25, 0.3) is 0 Å². The number of carbonyl (C=O) groups is 2. The number of ether oxygens (including phenoxy) is 1. The molecule has 0 bridgehead atoms. The molecule has 1 heterocycles. The van der Waals surface area contributed by atoms with Crippen molar-refractivity contribution in [2.24, 2.45) is 0 Å². The molecular weight excluding hydrogens is 364 g/mol. The first-order chi connectivity index (χ1) is 14.1. The van der Waals surface area contributed by atoms with Crippen LogP contribution >= 0.6 is 0 Å². The lowest BCUT2D eigenvalue weighted by molar-refractivity contribution is -0.120. The second kappa shape index (κ2) is 6.63. The number of rotatable bonds is 3. The molecule has 4 aromatic carbocycles. The van der Waals surface area contributed by atoms with Crippen molar-refractivity contribution in [2.45, 2.75) is 6.92 Å². The van der Waals surface area contributed by atoms with E-state index in [1.54, 1.807) is 18.2 Å². The Labute approximate surface area is 165 Å². The molecule has 0 fully saturated rings. The van der Waals surface area contributed by atoms with Crippen LogP contribution in [0.25, 0.3) is 43.6 Å². The maximum absolute atomic E-state index is 12.2. The van der Waals surface area contributed by atoms with E-state index in [-0.39, 0.29) is 12.4 Å². The van der Waals surface area contributed by atoms with Gasteiger partial charge < -0.3 is 4.74 Å². The number of nitrogens with zero attached hydrogens (tertiary/aromatic N) is 2. The number of benzene rings is 4. The van der Waals surface area contributed by atoms with Gasteiger partial charge in [-0.3, -0.25) is 4.79 Å². The predicted molar refractivity (Wildman–Crippen MR) is 113 cm³/mol. The molecule has 0 radical (unpaired) electrons. The fourth-order valence-corrected chi connectivity index (χ4v) is 3.66. The Morgan fingerprint density at radius 1 is 0.759 bits per heavy atom. The molecule has 0 N–H and O–H groups in total. The molecule has 0 saturated heterocycles. The van der Waals surface area contributed by atoms with E-state index in [9.17, 15) is 9.59 Å². The summed E-state index contributed by atoms with van der Waals surface area (Å²) in [6.07, 6.45) is 0. The van der Waals surface area contributed by atoms with Crippen LogP contribution in [0.5, 0.6) is 0 Å². The number of hydrogen-bond acceptors (Lipinski definition) is 5. The van der Waals surface area contributed by atoms with Crippen molar-refractivity contribution in [3.63, 3.8) is 0 Å². The van der Waals surface area contributed by atoms with Crippen LogP contribution in [0.15, 0.2) is 66.7 Å². The van der Waals surface area contributed by atoms with Gasteiger partial charge in [0.15, 0.2) is 5.78 Å². The van der Waals surface area contributed by atoms with Crippen LogP contribution in [-0.4, -0.2) is 28.3 Å². The van der Waals surface area contributed by atoms with Crippen LogP contribution < -0.4 is 0 Å². The quantitative estimate of drug-likeness (QED) is 0.255. The summed E-state index contributed by atoms with van der Waals surface area (Å²) in [5.41, 5.74) is 3.27. The Hall–Kier alpha value is -3.86. The molecule has 0 aliphatic carbocycles. The first-order valence-electron chi connectivity index (χ1n) is 9.29. The molecule has 0 aliphatic heterocycles. The van der Waals surface area contributed by atoms with Crippen molar-refractivity contribution in [2.75, 3.05) is 6.61 Å². The molecule has 0 amide bonds. The number of carbonyl (C=O) groups excluding carboxylic acids is 2. The normalized spacial score (nSPS) is 11.3. The second-order valence-corrected chi connectivity index (χ2v) is 6.99. The Morgan fingerprint density at radius 2 is 1.31 bits per heavy atom. The first-order valence-corrected chi connectivity index (χ1v) is 9.29. The van der Waals surface area contributed by atoms with Crippen molar-refractivity contribution >= 4 is 55.4 Å². The van der Waals surface area contributed by atoms with Crippen LogP contribution in [0.1, 0.15) is 17.3 Å². The number of esters is 1. The summed E-state index contributed by atoms with van der Waals surface area (Å²) < 4.78 is 5.02. The number of fused-ring (bicyclic) bond motifs is 7. The fraction of sp³-hybridized carbons (Fsp3) is 0.0833. The minimum Gasteiger partial charge on any atom is -0.454 e. The largest absolute Gasteiger partial charge is 0.454 e. The monoisotopic (exact) mass is 380 g/mol.